The van der Waals surface area contributed by atoms with E-state index in [1.165, 1.54) is 0 Å². The number of amides is 1. The molecule has 0 atom stereocenters. The number of aliphatic imine (C=N–C) groups is 1. The molecule has 7 nitrogen and oxygen atoms in total. The quantitative estimate of drug-likeness (QED) is 0.423. The molecule has 1 aromatic carbocycles. The van der Waals surface area contributed by atoms with Crippen LogP contribution >= 0.6 is 0 Å². The number of rotatable bonds is 9. The van der Waals surface area contributed by atoms with E-state index in [2.05, 4.69) is 10.3 Å². The zero-order chi connectivity index (χ0) is 16.9. The Labute approximate surface area is 136 Å². The van der Waals surface area contributed by atoms with Crippen molar-refractivity contribution in [2.45, 2.75) is 6.42 Å². The normalized spacial score (nSPS) is 11.2. The van der Waals surface area contributed by atoms with Gasteiger partial charge in [-0.05, 0) is 24.6 Å². The molecule has 0 radical (unpaired) electrons. The highest BCUT2D eigenvalue weighted by Crippen LogP contribution is 2.12. The molecule has 0 saturated heterocycles. The molecule has 0 spiro atoms. The molecular formula is C16H24N2O5. The molecule has 1 rings (SSSR count). The Bertz CT molecular complexity index is 505. The van der Waals surface area contributed by atoms with Gasteiger partial charge in [-0.25, -0.2) is 4.99 Å². The number of nitrogens with zero attached hydrogens (tertiary/aromatic N) is 1. The zero-order valence-corrected chi connectivity index (χ0v) is 13.8. The number of ether oxygens (including phenoxy) is 4. The summed E-state index contributed by atoms with van der Waals surface area (Å²) in [7, 11) is 4.76. The van der Waals surface area contributed by atoms with E-state index in [0.29, 0.717) is 37.7 Å². The van der Waals surface area contributed by atoms with Crippen LogP contribution in [0.4, 0.5) is 0 Å². The minimum atomic E-state index is -0.313. The summed E-state index contributed by atoms with van der Waals surface area (Å²) < 4.78 is 20.4. The molecule has 0 unspecified atom stereocenters. The highest BCUT2D eigenvalue weighted by atomic mass is 16.5. The first-order valence-corrected chi connectivity index (χ1v) is 7.31. The second-order valence-electron chi connectivity index (χ2n) is 4.56. The topological polar surface area (TPSA) is 78.4 Å². The minimum absolute atomic E-state index is 0.172. The first-order valence-electron chi connectivity index (χ1n) is 7.31. The van der Waals surface area contributed by atoms with E-state index in [4.69, 9.17) is 18.9 Å². The molecule has 7 heteroatoms. The third kappa shape index (κ3) is 7.62. The number of methoxy groups -OCH3 is 3. The highest BCUT2D eigenvalue weighted by Gasteiger charge is 2.10. The lowest BCUT2D eigenvalue weighted by atomic mass is 10.2. The summed E-state index contributed by atoms with van der Waals surface area (Å²) in [6, 6.07) is 7.02. The van der Waals surface area contributed by atoms with Crippen LogP contribution in [0.3, 0.4) is 0 Å². The predicted octanol–water partition coefficient (Wildman–Crippen LogP) is 1.48. The third-order valence-electron chi connectivity index (χ3n) is 2.84. The van der Waals surface area contributed by atoms with Crippen LogP contribution in [0.2, 0.25) is 0 Å². The van der Waals surface area contributed by atoms with Crippen LogP contribution in [0.25, 0.3) is 0 Å². The number of nitrogens with one attached hydrogen (secondary N) is 1. The van der Waals surface area contributed by atoms with Crippen LogP contribution in [0.5, 0.6) is 5.75 Å². The molecule has 1 N–H and O–H groups in total. The molecule has 0 fully saturated rings. The van der Waals surface area contributed by atoms with Gasteiger partial charge in [0.2, 0.25) is 0 Å². The Morgan fingerprint density at radius 1 is 1.13 bits per heavy atom. The maximum absolute atomic E-state index is 12.3. The fourth-order valence-corrected chi connectivity index (χ4v) is 1.67. The first-order chi connectivity index (χ1) is 11.2. The molecule has 0 heterocycles. The molecule has 0 aliphatic carbocycles. The van der Waals surface area contributed by atoms with Crippen molar-refractivity contribution in [3.05, 3.63) is 29.8 Å². The number of hydrogen-bond acceptors (Lipinski definition) is 6. The fourth-order valence-electron chi connectivity index (χ4n) is 1.67. The van der Waals surface area contributed by atoms with Crippen molar-refractivity contribution in [2.75, 3.05) is 47.7 Å². The van der Waals surface area contributed by atoms with Crippen molar-refractivity contribution in [3.63, 3.8) is 0 Å². The number of carbonyl (C=O) groups is 1. The van der Waals surface area contributed by atoms with Gasteiger partial charge >= 0.3 is 0 Å². The second-order valence-corrected chi connectivity index (χ2v) is 4.56. The van der Waals surface area contributed by atoms with Gasteiger partial charge in [0.25, 0.3) is 11.9 Å². The van der Waals surface area contributed by atoms with Crippen LogP contribution in [-0.2, 0) is 14.2 Å². The van der Waals surface area contributed by atoms with Crippen molar-refractivity contribution in [3.8, 4) is 5.75 Å². The van der Waals surface area contributed by atoms with Crippen molar-refractivity contribution < 1.29 is 23.7 Å². The molecule has 0 saturated carbocycles. The van der Waals surface area contributed by atoms with Gasteiger partial charge in [-0.3, -0.25) is 10.1 Å². The SMILES string of the molecule is COCCCN=C(NC(=O)c1cccc(OC)c1)OCCOC. The van der Waals surface area contributed by atoms with Crippen molar-refractivity contribution in [1.82, 2.24) is 5.32 Å². The maximum Gasteiger partial charge on any atom is 0.291 e. The molecule has 0 aliphatic heterocycles. The van der Waals surface area contributed by atoms with E-state index < -0.39 is 0 Å². The lowest BCUT2D eigenvalue weighted by Crippen LogP contribution is -2.33. The summed E-state index contributed by atoms with van der Waals surface area (Å²) in [6.07, 6.45) is 0.739. The Morgan fingerprint density at radius 3 is 2.61 bits per heavy atom. The first kappa shape index (κ1) is 18.9. The van der Waals surface area contributed by atoms with Crippen LogP contribution < -0.4 is 10.1 Å². The monoisotopic (exact) mass is 324 g/mol. The van der Waals surface area contributed by atoms with Gasteiger partial charge in [-0.2, -0.15) is 0 Å². The molecular weight excluding hydrogens is 300 g/mol. The second kappa shape index (κ2) is 11.4. The predicted molar refractivity (Wildman–Crippen MR) is 87.1 cm³/mol. The van der Waals surface area contributed by atoms with Crippen molar-refractivity contribution >= 4 is 11.9 Å². The van der Waals surface area contributed by atoms with E-state index in [9.17, 15) is 4.79 Å². The summed E-state index contributed by atoms with van der Waals surface area (Å²) in [6.45, 7) is 1.80. The number of hydrogen-bond donors (Lipinski definition) is 1. The fraction of sp³-hybridized carbons (Fsp3) is 0.500. The standard InChI is InChI=1S/C16H24N2O5/c1-20-9-5-8-17-16(23-11-10-21-2)18-15(19)13-6-4-7-14(12-13)22-3/h4,6-7,12H,5,8-11H2,1-3H3,(H,17,18,19). The van der Waals surface area contributed by atoms with Gasteiger partial charge in [-0.15, -0.1) is 0 Å². The molecule has 0 aliphatic rings. The Hall–Kier alpha value is -2.12. The number of benzene rings is 1. The summed E-state index contributed by atoms with van der Waals surface area (Å²) in [5.74, 6) is 0.295. The minimum Gasteiger partial charge on any atom is -0.497 e. The van der Waals surface area contributed by atoms with Gasteiger partial charge < -0.3 is 18.9 Å². The molecule has 0 aromatic heterocycles. The lowest BCUT2D eigenvalue weighted by molar-refractivity contribution is 0.0953. The molecule has 1 amide bonds. The van der Waals surface area contributed by atoms with E-state index in [1.807, 2.05) is 0 Å². The largest absolute Gasteiger partial charge is 0.497 e. The van der Waals surface area contributed by atoms with Gasteiger partial charge in [0, 0.05) is 32.9 Å². The molecule has 0 bridgehead atoms. The van der Waals surface area contributed by atoms with Crippen LogP contribution in [0.1, 0.15) is 16.8 Å². The molecule has 1 aromatic rings. The van der Waals surface area contributed by atoms with Gasteiger partial charge in [0.1, 0.15) is 12.4 Å². The summed E-state index contributed by atoms with van der Waals surface area (Å²) >= 11 is 0. The number of amidine groups is 1. The Morgan fingerprint density at radius 2 is 1.91 bits per heavy atom. The third-order valence-corrected chi connectivity index (χ3v) is 2.84. The van der Waals surface area contributed by atoms with Gasteiger partial charge in [0.05, 0.1) is 13.7 Å². The van der Waals surface area contributed by atoms with Crippen molar-refractivity contribution in [2.24, 2.45) is 4.99 Å². The van der Waals surface area contributed by atoms with Gasteiger partial charge in [0.15, 0.2) is 0 Å². The number of carbonyl (C=O) groups excluding carboxylic acids is 1. The zero-order valence-electron chi connectivity index (χ0n) is 13.8. The van der Waals surface area contributed by atoms with Crippen LogP contribution in [0.15, 0.2) is 29.3 Å². The smallest absolute Gasteiger partial charge is 0.291 e. The van der Waals surface area contributed by atoms with E-state index in [1.54, 1.807) is 45.6 Å². The van der Waals surface area contributed by atoms with Crippen molar-refractivity contribution in [1.29, 1.82) is 0 Å². The van der Waals surface area contributed by atoms with E-state index >= 15 is 0 Å². The van der Waals surface area contributed by atoms with Gasteiger partial charge in [-0.1, -0.05) is 6.07 Å². The van der Waals surface area contributed by atoms with E-state index in [-0.39, 0.29) is 11.9 Å². The summed E-state index contributed by atoms with van der Waals surface area (Å²) in [5, 5.41) is 2.66. The Kier molecular flexibility index (Phi) is 9.42. The lowest BCUT2D eigenvalue weighted by Gasteiger charge is -2.11. The van der Waals surface area contributed by atoms with Crippen LogP contribution in [0, 0.1) is 0 Å². The summed E-state index contributed by atoms with van der Waals surface area (Å²) in [5.41, 5.74) is 0.462. The van der Waals surface area contributed by atoms with Crippen LogP contribution in [-0.4, -0.2) is 59.6 Å². The maximum atomic E-state index is 12.3. The summed E-state index contributed by atoms with van der Waals surface area (Å²) in [4.78, 5) is 16.5. The Balaban J connectivity index is 2.67. The average Bonchev–Trinajstić information content (AvgIpc) is 2.58. The molecule has 23 heavy (non-hydrogen) atoms. The highest BCUT2D eigenvalue weighted by molar-refractivity contribution is 6.04. The average molecular weight is 324 g/mol. The molecule has 128 valence electrons. The van der Waals surface area contributed by atoms with E-state index in [0.717, 1.165) is 6.42 Å².